The minimum Gasteiger partial charge on any atom is -0.322 e. The molecule has 3 rings (SSSR count). The molecule has 0 bridgehead atoms. The molecule has 1 N–H and O–H groups in total. The Morgan fingerprint density at radius 1 is 0.920 bits per heavy atom. The summed E-state index contributed by atoms with van der Waals surface area (Å²) in [6.45, 7) is 4.05. The smallest absolute Gasteiger partial charge is 0.255 e. The Labute approximate surface area is 153 Å². The number of rotatable bonds is 5. The van der Waals surface area contributed by atoms with Crippen molar-refractivity contribution in [3.8, 4) is 0 Å². The van der Waals surface area contributed by atoms with Gasteiger partial charge in [-0.1, -0.05) is 48.0 Å². The average molecular weight is 347 g/mol. The lowest BCUT2D eigenvalue weighted by Gasteiger charge is -2.09. The van der Waals surface area contributed by atoms with Crippen LogP contribution in [0.5, 0.6) is 0 Å². The second-order valence-corrected chi connectivity index (χ2v) is 7.12. The molecule has 0 radical (unpaired) electrons. The molecule has 0 aliphatic carbocycles. The molecular formula is C22H21NOS. The molecule has 0 aliphatic heterocycles. The van der Waals surface area contributed by atoms with E-state index < -0.39 is 0 Å². The zero-order valence-corrected chi connectivity index (χ0v) is 15.3. The van der Waals surface area contributed by atoms with Crippen molar-refractivity contribution in [3.63, 3.8) is 0 Å². The fraction of sp³-hybridized carbons (Fsp3) is 0.136. The summed E-state index contributed by atoms with van der Waals surface area (Å²) < 4.78 is 0. The number of carbonyl (C=O) groups is 1. The Kier molecular flexibility index (Phi) is 5.56. The Balaban J connectivity index is 1.62. The van der Waals surface area contributed by atoms with Crippen molar-refractivity contribution >= 4 is 23.4 Å². The van der Waals surface area contributed by atoms with E-state index >= 15 is 0 Å². The van der Waals surface area contributed by atoms with Gasteiger partial charge >= 0.3 is 0 Å². The molecule has 3 aromatic rings. The van der Waals surface area contributed by atoms with Crippen LogP contribution in [0.15, 0.2) is 77.7 Å². The molecule has 3 aromatic carbocycles. The lowest BCUT2D eigenvalue weighted by molar-refractivity contribution is 0.102. The van der Waals surface area contributed by atoms with Crippen LogP contribution >= 0.6 is 11.8 Å². The van der Waals surface area contributed by atoms with Crippen molar-refractivity contribution in [2.45, 2.75) is 24.5 Å². The molecule has 126 valence electrons. The molecule has 0 saturated heterocycles. The largest absolute Gasteiger partial charge is 0.322 e. The van der Waals surface area contributed by atoms with Gasteiger partial charge in [0.15, 0.2) is 0 Å². The number of amides is 1. The van der Waals surface area contributed by atoms with E-state index in [4.69, 9.17) is 0 Å². The number of thioether (sulfide) groups is 1. The summed E-state index contributed by atoms with van der Waals surface area (Å²) in [5.41, 5.74) is 5.00. The van der Waals surface area contributed by atoms with Crippen molar-refractivity contribution in [1.82, 2.24) is 0 Å². The summed E-state index contributed by atoms with van der Waals surface area (Å²) in [4.78, 5) is 13.7. The van der Waals surface area contributed by atoms with Gasteiger partial charge in [-0.25, -0.2) is 0 Å². The van der Waals surface area contributed by atoms with Crippen molar-refractivity contribution in [1.29, 1.82) is 0 Å². The van der Waals surface area contributed by atoms with Gasteiger partial charge in [-0.05, 0) is 55.3 Å². The Hall–Kier alpha value is -2.52. The van der Waals surface area contributed by atoms with Gasteiger partial charge in [-0.2, -0.15) is 0 Å². The summed E-state index contributed by atoms with van der Waals surface area (Å²) in [5, 5.41) is 2.99. The lowest BCUT2D eigenvalue weighted by atomic mass is 10.1. The lowest BCUT2D eigenvalue weighted by Crippen LogP contribution is -2.12. The zero-order valence-electron chi connectivity index (χ0n) is 14.5. The van der Waals surface area contributed by atoms with Crippen LogP contribution < -0.4 is 5.32 Å². The quantitative estimate of drug-likeness (QED) is 0.587. The van der Waals surface area contributed by atoms with Gasteiger partial charge in [0.05, 0.1) is 0 Å². The van der Waals surface area contributed by atoms with Crippen molar-refractivity contribution < 1.29 is 4.79 Å². The van der Waals surface area contributed by atoms with Crippen LogP contribution in [0.1, 0.15) is 27.0 Å². The van der Waals surface area contributed by atoms with E-state index in [1.807, 2.05) is 68.4 Å². The van der Waals surface area contributed by atoms with Crippen LogP contribution in [0, 0.1) is 13.8 Å². The molecule has 0 spiro atoms. The van der Waals surface area contributed by atoms with Crippen LogP contribution in [0.3, 0.4) is 0 Å². The molecule has 0 heterocycles. The van der Waals surface area contributed by atoms with E-state index in [1.54, 1.807) is 11.8 Å². The monoisotopic (exact) mass is 347 g/mol. The van der Waals surface area contributed by atoms with E-state index in [1.165, 1.54) is 16.0 Å². The predicted octanol–water partition coefficient (Wildman–Crippen LogP) is 5.85. The Morgan fingerprint density at radius 2 is 1.64 bits per heavy atom. The third-order valence-corrected chi connectivity index (χ3v) is 5.08. The molecule has 3 heteroatoms. The number of hydrogen-bond donors (Lipinski definition) is 1. The van der Waals surface area contributed by atoms with Crippen molar-refractivity contribution in [3.05, 3.63) is 95.1 Å². The third kappa shape index (κ3) is 4.74. The first kappa shape index (κ1) is 17.3. The van der Waals surface area contributed by atoms with Crippen molar-refractivity contribution in [2.75, 3.05) is 5.32 Å². The number of hydrogen-bond acceptors (Lipinski definition) is 2. The van der Waals surface area contributed by atoms with Gasteiger partial charge in [-0.15, -0.1) is 11.8 Å². The minimum atomic E-state index is -0.0748. The highest BCUT2D eigenvalue weighted by atomic mass is 32.2. The van der Waals surface area contributed by atoms with Gasteiger partial charge in [0.2, 0.25) is 0 Å². The summed E-state index contributed by atoms with van der Waals surface area (Å²) in [6, 6.07) is 24.2. The average Bonchev–Trinajstić information content (AvgIpc) is 2.63. The minimum absolute atomic E-state index is 0.0748. The molecule has 25 heavy (non-hydrogen) atoms. The topological polar surface area (TPSA) is 29.1 Å². The van der Waals surface area contributed by atoms with Gasteiger partial charge in [0.1, 0.15) is 0 Å². The Bertz CT molecular complexity index is 857. The molecular weight excluding hydrogens is 326 g/mol. The highest BCUT2D eigenvalue weighted by Crippen LogP contribution is 2.23. The van der Waals surface area contributed by atoms with Gasteiger partial charge < -0.3 is 5.32 Å². The molecule has 0 aromatic heterocycles. The van der Waals surface area contributed by atoms with Gasteiger partial charge in [-0.3, -0.25) is 4.79 Å². The van der Waals surface area contributed by atoms with Crippen molar-refractivity contribution in [2.24, 2.45) is 0 Å². The number of carbonyl (C=O) groups excluding carboxylic acids is 1. The highest BCUT2D eigenvalue weighted by Gasteiger charge is 2.08. The zero-order chi connectivity index (χ0) is 17.6. The summed E-state index contributed by atoms with van der Waals surface area (Å²) in [5.74, 6) is 0.817. The number of aryl methyl sites for hydroxylation is 2. The van der Waals surface area contributed by atoms with Gasteiger partial charge in [0, 0.05) is 21.9 Å². The molecule has 0 atom stereocenters. The summed E-state index contributed by atoms with van der Waals surface area (Å²) in [7, 11) is 0. The van der Waals surface area contributed by atoms with Crippen LogP contribution in [-0.2, 0) is 5.75 Å². The molecule has 1 amide bonds. The highest BCUT2D eigenvalue weighted by molar-refractivity contribution is 7.98. The summed E-state index contributed by atoms with van der Waals surface area (Å²) >= 11 is 1.79. The van der Waals surface area contributed by atoms with Crippen LogP contribution in [0.25, 0.3) is 0 Å². The normalized spacial score (nSPS) is 10.5. The van der Waals surface area contributed by atoms with Crippen LogP contribution in [0.4, 0.5) is 5.69 Å². The van der Waals surface area contributed by atoms with E-state index in [2.05, 4.69) is 23.5 Å². The Morgan fingerprint density at radius 3 is 2.32 bits per heavy atom. The van der Waals surface area contributed by atoms with Crippen LogP contribution in [-0.4, -0.2) is 5.91 Å². The van der Waals surface area contributed by atoms with E-state index in [9.17, 15) is 4.79 Å². The fourth-order valence-corrected chi connectivity index (χ4v) is 3.46. The molecule has 2 nitrogen and oxygen atoms in total. The second-order valence-electron chi connectivity index (χ2n) is 6.07. The van der Waals surface area contributed by atoms with E-state index in [0.29, 0.717) is 5.56 Å². The van der Waals surface area contributed by atoms with Crippen LogP contribution in [0.2, 0.25) is 0 Å². The first-order chi connectivity index (χ1) is 12.1. The standard InChI is InChI=1S/C22H21NOS/c1-16-8-13-21(17(2)14-16)23-22(24)19-11-9-18(10-12-19)15-25-20-6-4-3-5-7-20/h3-14H,15H2,1-2H3,(H,23,24). The first-order valence-electron chi connectivity index (χ1n) is 8.27. The number of benzene rings is 3. The van der Waals surface area contributed by atoms with E-state index in [-0.39, 0.29) is 5.91 Å². The maximum absolute atomic E-state index is 12.4. The maximum atomic E-state index is 12.4. The van der Waals surface area contributed by atoms with E-state index in [0.717, 1.165) is 17.0 Å². The second kappa shape index (κ2) is 8.04. The SMILES string of the molecule is Cc1ccc(NC(=O)c2ccc(CSc3ccccc3)cc2)c(C)c1. The summed E-state index contributed by atoms with van der Waals surface area (Å²) in [6.07, 6.45) is 0. The third-order valence-electron chi connectivity index (χ3n) is 3.99. The molecule has 0 unspecified atom stereocenters. The number of anilines is 1. The molecule has 0 fully saturated rings. The molecule has 0 aliphatic rings. The fourth-order valence-electron chi connectivity index (χ4n) is 2.58. The predicted molar refractivity (Wildman–Crippen MR) is 106 cm³/mol. The number of nitrogens with one attached hydrogen (secondary N) is 1. The maximum Gasteiger partial charge on any atom is 0.255 e. The molecule has 0 saturated carbocycles. The first-order valence-corrected chi connectivity index (χ1v) is 9.26. The van der Waals surface area contributed by atoms with Gasteiger partial charge in [0.25, 0.3) is 5.91 Å².